The Labute approximate surface area is 101 Å². The fourth-order valence-corrected chi connectivity index (χ4v) is 1.27. The molecule has 2 N–H and O–H groups in total. The number of carbonyl (C=O) groups is 1. The van der Waals surface area contributed by atoms with Crippen molar-refractivity contribution in [3.8, 4) is 0 Å². The molecule has 0 bridgehead atoms. The van der Waals surface area contributed by atoms with E-state index in [1.165, 1.54) is 12.1 Å². The third kappa shape index (κ3) is 3.53. The number of hydrogen-bond acceptors (Lipinski definition) is 2. The predicted molar refractivity (Wildman–Crippen MR) is 64.1 cm³/mol. The monoisotopic (exact) mass is 239 g/mol. The highest BCUT2D eigenvalue weighted by Crippen LogP contribution is 2.11. The molecule has 0 unspecified atom stereocenters. The lowest BCUT2D eigenvalue weighted by atomic mass is 10.1. The van der Waals surface area contributed by atoms with Crippen LogP contribution in [-0.4, -0.2) is 17.1 Å². The van der Waals surface area contributed by atoms with Gasteiger partial charge in [0, 0.05) is 17.2 Å². The van der Waals surface area contributed by atoms with Crippen LogP contribution >= 0.6 is 0 Å². The van der Waals surface area contributed by atoms with Crippen LogP contribution < -0.4 is 5.32 Å². The lowest BCUT2D eigenvalue weighted by molar-refractivity contribution is 0.0930. The predicted octanol–water partition coefficient (Wildman–Crippen LogP) is 2.09. The summed E-state index contributed by atoms with van der Waals surface area (Å²) in [7, 11) is 0. The largest absolute Gasteiger partial charge is 0.392 e. The third-order valence-corrected chi connectivity index (χ3v) is 2.84. The highest BCUT2D eigenvalue weighted by Gasteiger charge is 2.13. The molecule has 1 aromatic rings. The molecule has 0 aliphatic heterocycles. The van der Waals surface area contributed by atoms with Gasteiger partial charge in [-0.05, 0) is 25.0 Å². The van der Waals surface area contributed by atoms with E-state index in [1.54, 1.807) is 0 Å². The van der Waals surface area contributed by atoms with Crippen molar-refractivity contribution in [3.05, 3.63) is 35.1 Å². The van der Waals surface area contributed by atoms with Crippen LogP contribution in [0.2, 0.25) is 0 Å². The van der Waals surface area contributed by atoms with Crippen LogP contribution in [0.5, 0.6) is 0 Å². The molecule has 17 heavy (non-hydrogen) atoms. The van der Waals surface area contributed by atoms with Gasteiger partial charge in [-0.25, -0.2) is 4.39 Å². The number of amides is 1. The smallest absolute Gasteiger partial charge is 0.251 e. The molecule has 0 radical (unpaired) electrons. The summed E-state index contributed by atoms with van der Waals surface area (Å²) >= 11 is 0. The molecule has 94 valence electrons. The number of hydrogen-bond donors (Lipinski definition) is 2. The molecule has 1 rings (SSSR count). The van der Waals surface area contributed by atoms with Crippen molar-refractivity contribution >= 4 is 5.91 Å². The molecule has 0 spiro atoms. The number of aliphatic hydroxyl groups excluding tert-OH is 1. The maximum atomic E-state index is 13.4. The fourth-order valence-electron chi connectivity index (χ4n) is 1.27. The zero-order valence-electron chi connectivity index (χ0n) is 10.3. The molecular formula is C13H18FNO2. The van der Waals surface area contributed by atoms with Gasteiger partial charge in [-0.2, -0.15) is 0 Å². The third-order valence-electron chi connectivity index (χ3n) is 2.84. The van der Waals surface area contributed by atoms with Gasteiger partial charge >= 0.3 is 0 Å². The Kier molecular flexibility index (Phi) is 4.63. The standard InChI is InChI=1S/C13H18FNO2/c1-8(2)9(3)15-13(17)10-4-5-11(7-16)12(14)6-10/h4-6,8-9,16H,7H2,1-3H3,(H,15,17)/t9-/m0/s1. The van der Waals surface area contributed by atoms with E-state index in [-0.39, 0.29) is 29.7 Å². The van der Waals surface area contributed by atoms with Crippen LogP contribution in [-0.2, 0) is 6.61 Å². The zero-order valence-corrected chi connectivity index (χ0v) is 10.3. The summed E-state index contributed by atoms with van der Waals surface area (Å²) in [5.41, 5.74) is 0.464. The zero-order chi connectivity index (χ0) is 13.0. The van der Waals surface area contributed by atoms with Crippen molar-refractivity contribution < 1.29 is 14.3 Å². The number of benzene rings is 1. The average molecular weight is 239 g/mol. The Morgan fingerprint density at radius 2 is 2.06 bits per heavy atom. The van der Waals surface area contributed by atoms with Gasteiger partial charge in [-0.3, -0.25) is 4.79 Å². The Morgan fingerprint density at radius 1 is 1.41 bits per heavy atom. The molecule has 0 saturated carbocycles. The molecule has 1 amide bonds. The summed E-state index contributed by atoms with van der Waals surface area (Å²) in [6.45, 7) is 5.54. The molecule has 4 heteroatoms. The van der Waals surface area contributed by atoms with Crippen molar-refractivity contribution in [1.29, 1.82) is 0 Å². The van der Waals surface area contributed by atoms with E-state index in [0.29, 0.717) is 5.92 Å². The molecule has 1 aromatic carbocycles. The molecule has 0 aromatic heterocycles. The van der Waals surface area contributed by atoms with Crippen molar-refractivity contribution in [2.24, 2.45) is 5.92 Å². The number of aliphatic hydroxyl groups is 1. The van der Waals surface area contributed by atoms with E-state index in [1.807, 2.05) is 20.8 Å². The SMILES string of the molecule is CC(C)[C@H](C)NC(=O)c1ccc(CO)c(F)c1. The van der Waals surface area contributed by atoms with Gasteiger partial charge in [-0.1, -0.05) is 19.9 Å². The quantitative estimate of drug-likeness (QED) is 0.845. The summed E-state index contributed by atoms with van der Waals surface area (Å²) in [5, 5.41) is 11.6. The first-order chi connectivity index (χ1) is 7.95. The Morgan fingerprint density at radius 3 is 2.53 bits per heavy atom. The van der Waals surface area contributed by atoms with Crippen LogP contribution in [0, 0.1) is 11.7 Å². The first kappa shape index (κ1) is 13.6. The molecule has 0 heterocycles. The van der Waals surface area contributed by atoms with Crippen LogP contribution in [0.3, 0.4) is 0 Å². The number of nitrogens with one attached hydrogen (secondary N) is 1. The summed E-state index contributed by atoms with van der Waals surface area (Å²) in [5.74, 6) is -0.535. The van der Waals surface area contributed by atoms with Crippen LogP contribution in [0.25, 0.3) is 0 Å². The molecule has 0 saturated heterocycles. The van der Waals surface area contributed by atoms with Crippen LogP contribution in [0.15, 0.2) is 18.2 Å². The summed E-state index contributed by atoms with van der Waals surface area (Å²) in [6.07, 6.45) is 0. The minimum atomic E-state index is -0.558. The Bertz CT molecular complexity index is 404. The highest BCUT2D eigenvalue weighted by molar-refractivity contribution is 5.94. The molecule has 0 aliphatic carbocycles. The van der Waals surface area contributed by atoms with Crippen LogP contribution in [0.4, 0.5) is 4.39 Å². The van der Waals surface area contributed by atoms with E-state index in [4.69, 9.17) is 5.11 Å². The summed E-state index contributed by atoms with van der Waals surface area (Å²) in [4.78, 5) is 11.8. The van der Waals surface area contributed by atoms with E-state index in [9.17, 15) is 9.18 Å². The lowest BCUT2D eigenvalue weighted by Crippen LogP contribution is -2.36. The number of carbonyl (C=O) groups excluding carboxylic acids is 1. The van der Waals surface area contributed by atoms with Crippen molar-refractivity contribution in [3.63, 3.8) is 0 Å². The van der Waals surface area contributed by atoms with Crippen LogP contribution in [0.1, 0.15) is 36.7 Å². The highest BCUT2D eigenvalue weighted by atomic mass is 19.1. The minimum Gasteiger partial charge on any atom is -0.392 e. The van der Waals surface area contributed by atoms with Gasteiger partial charge in [0.05, 0.1) is 6.61 Å². The average Bonchev–Trinajstić information content (AvgIpc) is 2.28. The van der Waals surface area contributed by atoms with E-state index < -0.39 is 5.82 Å². The van der Waals surface area contributed by atoms with Gasteiger partial charge in [-0.15, -0.1) is 0 Å². The summed E-state index contributed by atoms with van der Waals surface area (Å²) in [6, 6.07) is 4.11. The molecule has 0 aliphatic rings. The van der Waals surface area contributed by atoms with Gasteiger partial charge in [0.15, 0.2) is 0 Å². The first-order valence-electron chi connectivity index (χ1n) is 5.65. The van der Waals surface area contributed by atoms with E-state index in [0.717, 1.165) is 6.07 Å². The maximum Gasteiger partial charge on any atom is 0.251 e. The number of halogens is 1. The second kappa shape index (κ2) is 5.77. The Balaban J connectivity index is 2.80. The van der Waals surface area contributed by atoms with Crippen molar-refractivity contribution in [2.45, 2.75) is 33.4 Å². The van der Waals surface area contributed by atoms with Crippen molar-refractivity contribution in [2.75, 3.05) is 0 Å². The number of rotatable bonds is 4. The van der Waals surface area contributed by atoms with Gasteiger partial charge in [0.25, 0.3) is 5.91 Å². The molecule has 1 atom stereocenters. The normalized spacial score (nSPS) is 12.6. The first-order valence-corrected chi connectivity index (χ1v) is 5.65. The second-order valence-electron chi connectivity index (χ2n) is 4.47. The molecule has 3 nitrogen and oxygen atoms in total. The molecular weight excluding hydrogens is 221 g/mol. The van der Waals surface area contributed by atoms with E-state index in [2.05, 4.69) is 5.32 Å². The Hall–Kier alpha value is -1.42. The maximum absolute atomic E-state index is 13.4. The fraction of sp³-hybridized carbons (Fsp3) is 0.462. The van der Waals surface area contributed by atoms with Gasteiger partial charge < -0.3 is 10.4 Å². The topological polar surface area (TPSA) is 49.3 Å². The summed E-state index contributed by atoms with van der Waals surface area (Å²) < 4.78 is 13.4. The van der Waals surface area contributed by atoms with Gasteiger partial charge in [0.2, 0.25) is 0 Å². The molecule has 0 fully saturated rings. The lowest BCUT2D eigenvalue weighted by Gasteiger charge is -2.17. The van der Waals surface area contributed by atoms with E-state index >= 15 is 0 Å². The second-order valence-corrected chi connectivity index (χ2v) is 4.47. The van der Waals surface area contributed by atoms with Crippen molar-refractivity contribution in [1.82, 2.24) is 5.32 Å². The minimum absolute atomic E-state index is 0.0306. The van der Waals surface area contributed by atoms with Gasteiger partial charge in [0.1, 0.15) is 5.82 Å².